The summed E-state index contributed by atoms with van der Waals surface area (Å²) in [6, 6.07) is 18.2. The maximum atomic E-state index is 5.78. The highest BCUT2D eigenvalue weighted by atomic mass is 16.5. The van der Waals surface area contributed by atoms with Crippen molar-refractivity contribution in [3.63, 3.8) is 0 Å². The molecular weight excluding hydrogens is 352 g/mol. The minimum absolute atomic E-state index is 0.722. The molecule has 0 saturated heterocycles. The smallest absolute Gasteiger partial charge is 0.0716 e. The molecule has 1 fully saturated rings. The fourth-order valence-electron chi connectivity index (χ4n) is 4.45. The van der Waals surface area contributed by atoms with E-state index in [0.29, 0.717) is 0 Å². The molecule has 0 N–H and O–H groups in total. The number of rotatable bonds is 10. The van der Waals surface area contributed by atoms with Crippen LogP contribution in [0.4, 0.5) is 0 Å². The third kappa shape index (κ3) is 6.85. The molecule has 0 bridgehead atoms. The van der Waals surface area contributed by atoms with E-state index in [4.69, 9.17) is 4.74 Å². The summed E-state index contributed by atoms with van der Waals surface area (Å²) in [5.41, 5.74) is 5.39. The Bertz CT molecular complexity index is 718. The molecule has 2 aromatic carbocycles. The van der Waals surface area contributed by atoms with E-state index >= 15 is 0 Å². The molecule has 29 heavy (non-hydrogen) atoms. The van der Waals surface area contributed by atoms with E-state index in [1.807, 2.05) is 0 Å². The number of ether oxygens (including phenoxy) is 1. The van der Waals surface area contributed by atoms with Crippen LogP contribution in [0.5, 0.6) is 0 Å². The largest absolute Gasteiger partial charge is 0.377 e. The van der Waals surface area contributed by atoms with Gasteiger partial charge in [0, 0.05) is 6.61 Å². The second-order valence-corrected chi connectivity index (χ2v) is 8.60. The Labute approximate surface area is 178 Å². The maximum absolute atomic E-state index is 5.78. The number of unbranched alkanes of at least 4 members (excludes halogenated alkanes) is 2. The van der Waals surface area contributed by atoms with Crippen LogP contribution in [-0.4, -0.2) is 6.61 Å². The first-order valence-corrected chi connectivity index (χ1v) is 11.7. The van der Waals surface area contributed by atoms with Gasteiger partial charge in [-0.2, -0.15) is 0 Å². The number of hydrogen-bond donors (Lipinski definition) is 0. The molecule has 0 radical (unpaired) electrons. The highest BCUT2D eigenvalue weighted by Gasteiger charge is 2.21. The molecule has 2 aromatic rings. The zero-order valence-electron chi connectivity index (χ0n) is 18.4. The van der Waals surface area contributed by atoms with Crippen LogP contribution in [-0.2, 0) is 11.3 Å². The van der Waals surface area contributed by atoms with Gasteiger partial charge in [-0.15, -0.1) is 0 Å². The monoisotopic (exact) mass is 390 g/mol. The Morgan fingerprint density at radius 2 is 1.52 bits per heavy atom. The van der Waals surface area contributed by atoms with Crippen LogP contribution in [0, 0.1) is 5.92 Å². The standard InChI is InChI=1S/C28H38O/c1-3-5-7-21-29-22-24-11-15-26(16-12-24)28-19-17-27(18-20-28)25-13-9-23(10-14-25)8-6-4-2/h4,6,11-12,15-20,23,25H,3,5,7-10,13-14,21-22H2,1-2H3/b6-4+. The molecule has 1 saturated carbocycles. The highest BCUT2D eigenvalue weighted by Crippen LogP contribution is 2.37. The van der Waals surface area contributed by atoms with Crippen LogP contribution in [0.25, 0.3) is 11.1 Å². The van der Waals surface area contributed by atoms with E-state index in [0.717, 1.165) is 25.0 Å². The third-order valence-electron chi connectivity index (χ3n) is 6.38. The van der Waals surface area contributed by atoms with Crippen molar-refractivity contribution in [2.75, 3.05) is 6.61 Å². The predicted octanol–water partition coefficient (Wildman–Crippen LogP) is 8.30. The maximum Gasteiger partial charge on any atom is 0.0716 e. The zero-order valence-corrected chi connectivity index (χ0v) is 18.4. The first-order valence-electron chi connectivity index (χ1n) is 11.7. The van der Waals surface area contributed by atoms with Gasteiger partial charge in [-0.3, -0.25) is 0 Å². The molecule has 0 unspecified atom stereocenters. The summed E-state index contributed by atoms with van der Waals surface area (Å²) in [5, 5.41) is 0. The normalized spacial score (nSPS) is 19.7. The summed E-state index contributed by atoms with van der Waals surface area (Å²) < 4.78 is 5.78. The van der Waals surface area contributed by atoms with Crippen LogP contribution >= 0.6 is 0 Å². The molecule has 0 amide bonds. The lowest BCUT2D eigenvalue weighted by Gasteiger charge is -2.28. The molecule has 1 heteroatoms. The van der Waals surface area contributed by atoms with E-state index in [1.165, 1.54) is 73.6 Å². The van der Waals surface area contributed by atoms with E-state index < -0.39 is 0 Å². The summed E-state index contributed by atoms with van der Waals surface area (Å²) in [6.07, 6.45) is 14.9. The average Bonchev–Trinajstić information content (AvgIpc) is 2.78. The zero-order chi connectivity index (χ0) is 20.3. The second kappa shape index (κ2) is 12.0. The van der Waals surface area contributed by atoms with Crippen molar-refractivity contribution < 1.29 is 4.74 Å². The van der Waals surface area contributed by atoms with Crippen LogP contribution in [0.2, 0.25) is 0 Å². The lowest BCUT2D eigenvalue weighted by molar-refractivity contribution is 0.117. The van der Waals surface area contributed by atoms with Gasteiger partial charge in [0.1, 0.15) is 0 Å². The first-order chi connectivity index (χ1) is 14.3. The van der Waals surface area contributed by atoms with Crippen LogP contribution in [0.15, 0.2) is 60.7 Å². The van der Waals surface area contributed by atoms with Crippen LogP contribution < -0.4 is 0 Å². The Hall–Kier alpha value is -1.86. The van der Waals surface area contributed by atoms with Gasteiger partial charge >= 0.3 is 0 Å². The number of hydrogen-bond acceptors (Lipinski definition) is 1. The minimum Gasteiger partial charge on any atom is -0.377 e. The fraction of sp³-hybridized carbons (Fsp3) is 0.500. The van der Waals surface area contributed by atoms with Gasteiger partial charge in [0.05, 0.1) is 6.61 Å². The average molecular weight is 391 g/mol. The first kappa shape index (κ1) is 21.8. The lowest BCUT2D eigenvalue weighted by atomic mass is 9.77. The topological polar surface area (TPSA) is 9.23 Å². The van der Waals surface area contributed by atoms with Crippen LogP contribution in [0.3, 0.4) is 0 Å². The van der Waals surface area contributed by atoms with Crippen molar-refractivity contribution in [2.24, 2.45) is 5.92 Å². The van der Waals surface area contributed by atoms with Gasteiger partial charge < -0.3 is 4.74 Å². The SMILES string of the molecule is C/C=C/CC1CCC(c2ccc(-c3ccc(COCCCCC)cc3)cc2)CC1. The van der Waals surface area contributed by atoms with E-state index in [1.54, 1.807) is 0 Å². The van der Waals surface area contributed by atoms with Gasteiger partial charge in [-0.05, 0) is 79.5 Å². The summed E-state index contributed by atoms with van der Waals surface area (Å²) >= 11 is 0. The van der Waals surface area contributed by atoms with Gasteiger partial charge in [0.15, 0.2) is 0 Å². The van der Waals surface area contributed by atoms with Crippen molar-refractivity contribution in [2.45, 2.75) is 77.7 Å². The molecule has 0 aliphatic heterocycles. The molecule has 1 aliphatic rings. The minimum atomic E-state index is 0.722. The van der Waals surface area contributed by atoms with E-state index in [2.05, 4.69) is 74.5 Å². The van der Waals surface area contributed by atoms with Crippen molar-refractivity contribution in [1.29, 1.82) is 0 Å². The molecule has 0 heterocycles. The third-order valence-corrected chi connectivity index (χ3v) is 6.38. The number of allylic oxidation sites excluding steroid dienone is 2. The Kier molecular flexibility index (Phi) is 9.02. The van der Waals surface area contributed by atoms with Crippen molar-refractivity contribution in [1.82, 2.24) is 0 Å². The predicted molar refractivity (Wildman–Crippen MR) is 125 cm³/mol. The molecule has 1 aliphatic carbocycles. The Morgan fingerprint density at radius 3 is 2.14 bits per heavy atom. The van der Waals surface area contributed by atoms with Gasteiger partial charge in [0.2, 0.25) is 0 Å². The molecule has 0 atom stereocenters. The highest BCUT2D eigenvalue weighted by molar-refractivity contribution is 5.64. The molecular formula is C28H38O. The Balaban J connectivity index is 1.50. The summed E-state index contributed by atoms with van der Waals surface area (Å²) in [6.45, 7) is 5.94. The van der Waals surface area contributed by atoms with Crippen molar-refractivity contribution in [3.05, 3.63) is 71.8 Å². The Morgan fingerprint density at radius 1 is 0.862 bits per heavy atom. The summed E-state index contributed by atoms with van der Waals surface area (Å²) in [5.74, 6) is 1.65. The molecule has 3 rings (SSSR count). The van der Waals surface area contributed by atoms with Gasteiger partial charge in [-0.25, -0.2) is 0 Å². The van der Waals surface area contributed by atoms with E-state index in [9.17, 15) is 0 Å². The fourth-order valence-corrected chi connectivity index (χ4v) is 4.45. The van der Waals surface area contributed by atoms with Crippen molar-refractivity contribution in [3.8, 4) is 11.1 Å². The number of benzene rings is 2. The van der Waals surface area contributed by atoms with Crippen LogP contribution in [0.1, 0.15) is 82.3 Å². The molecule has 156 valence electrons. The molecule has 1 nitrogen and oxygen atoms in total. The van der Waals surface area contributed by atoms with E-state index in [-0.39, 0.29) is 0 Å². The second-order valence-electron chi connectivity index (χ2n) is 8.60. The summed E-state index contributed by atoms with van der Waals surface area (Å²) in [4.78, 5) is 0. The summed E-state index contributed by atoms with van der Waals surface area (Å²) in [7, 11) is 0. The van der Waals surface area contributed by atoms with Gasteiger partial charge in [0.25, 0.3) is 0 Å². The molecule has 0 aromatic heterocycles. The molecule has 0 spiro atoms. The van der Waals surface area contributed by atoms with Crippen molar-refractivity contribution >= 4 is 0 Å². The quantitative estimate of drug-likeness (QED) is 0.293. The lowest BCUT2D eigenvalue weighted by Crippen LogP contribution is -2.12. The van der Waals surface area contributed by atoms with Gasteiger partial charge in [-0.1, -0.05) is 80.4 Å².